The Labute approximate surface area is 184 Å². The van der Waals surface area contributed by atoms with Gasteiger partial charge in [-0.1, -0.05) is 30.3 Å². The zero-order chi connectivity index (χ0) is 21.9. The topological polar surface area (TPSA) is 73.8 Å². The molecule has 0 unspecified atom stereocenters. The van der Waals surface area contributed by atoms with Crippen LogP contribution in [-0.4, -0.2) is 73.5 Å². The number of nitrogens with zero attached hydrogens (tertiary/aromatic N) is 4. The van der Waals surface area contributed by atoms with Crippen LogP contribution in [0.25, 0.3) is 0 Å². The lowest BCUT2D eigenvalue weighted by Crippen LogP contribution is -2.58. The molecule has 2 aliphatic heterocycles. The molecule has 1 aromatic heterocycles. The minimum atomic E-state index is -3.25. The van der Waals surface area contributed by atoms with Gasteiger partial charge in [-0.25, -0.2) is 12.7 Å². The molecule has 1 aromatic carbocycles. The van der Waals surface area contributed by atoms with E-state index in [1.54, 1.807) is 23.6 Å². The summed E-state index contributed by atoms with van der Waals surface area (Å²) in [4.78, 5) is 22.2. The van der Waals surface area contributed by atoms with Crippen molar-refractivity contribution in [2.24, 2.45) is 0 Å². The van der Waals surface area contributed by atoms with Gasteiger partial charge in [0.05, 0.1) is 11.2 Å². The molecule has 0 N–H and O–H groups in total. The van der Waals surface area contributed by atoms with E-state index in [1.807, 2.05) is 47.4 Å². The SMILES string of the molecule is CCS(=O)(=O)N1CCC(C(=O)N2CCN(c3ccncc3)CC2)(c2ccccc2)CC1. The van der Waals surface area contributed by atoms with E-state index >= 15 is 0 Å². The summed E-state index contributed by atoms with van der Waals surface area (Å²) in [6, 6.07) is 13.9. The number of pyridine rings is 1. The maximum atomic E-state index is 13.9. The molecule has 4 rings (SSSR count). The van der Waals surface area contributed by atoms with Gasteiger partial charge in [-0.2, -0.15) is 0 Å². The van der Waals surface area contributed by atoms with Crippen LogP contribution in [-0.2, 0) is 20.2 Å². The minimum Gasteiger partial charge on any atom is -0.368 e. The van der Waals surface area contributed by atoms with Crippen molar-refractivity contribution in [3.05, 3.63) is 60.4 Å². The van der Waals surface area contributed by atoms with E-state index in [2.05, 4.69) is 9.88 Å². The molecule has 2 fully saturated rings. The van der Waals surface area contributed by atoms with Crippen LogP contribution in [0.15, 0.2) is 54.9 Å². The van der Waals surface area contributed by atoms with Crippen LogP contribution in [0.4, 0.5) is 5.69 Å². The fourth-order valence-corrected chi connectivity index (χ4v) is 5.84. The Balaban J connectivity index is 1.53. The number of carbonyl (C=O) groups excluding carboxylic acids is 1. The van der Waals surface area contributed by atoms with Crippen molar-refractivity contribution in [2.45, 2.75) is 25.2 Å². The molecule has 0 saturated carbocycles. The number of piperidine rings is 1. The molecule has 0 atom stereocenters. The lowest BCUT2D eigenvalue weighted by atomic mass is 9.72. The molecular weight excluding hydrogens is 412 g/mol. The molecule has 3 heterocycles. The fourth-order valence-electron chi connectivity index (χ4n) is 4.74. The predicted molar refractivity (Wildman–Crippen MR) is 121 cm³/mol. The molecule has 2 aliphatic rings. The first kappa shape index (κ1) is 21.8. The Kier molecular flexibility index (Phi) is 6.29. The van der Waals surface area contributed by atoms with E-state index in [4.69, 9.17) is 0 Å². The minimum absolute atomic E-state index is 0.0935. The average Bonchev–Trinajstić information content (AvgIpc) is 2.85. The molecule has 1 amide bonds. The molecule has 31 heavy (non-hydrogen) atoms. The lowest BCUT2D eigenvalue weighted by Gasteiger charge is -2.45. The van der Waals surface area contributed by atoms with E-state index in [9.17, 15) is 13.2 Å². The number of piperazine rings is 1. The van der Waals surface area contributed by atoms with Gasteiger partial charge in [0.25, 0.3) is 0 Å². The van der Waals surface area contributed by atoms with Gasteiger partial charge in [0.1, 0.15) is 0 Å². The first-order chi connectivity index (χ1) is 15.0. The van der Waals surface area contributed by atoms with Crippen molar-refractivity contribution in [1.29, 1.82) is 0 Å². The highest BCUT2D eigenvalue weighted by Crippen LogP contribution is 2.38. The van der Waals surface area contributed by atoms with Crippen LogP contribution in [0.3, 0.4) is 0 Å². The molecule has 166 valence electrons. The number of rotatable bonds is 5. The molecule has 2 aromatic rings. The molecular formula is C23H30N4O3S. The molecule has 0 aliphatic carbocycles. The van der Waals surface area contributed by atoms with Gasteiger partial charge in [0, 0.05) is 57.3 Å². The van der Waals surface area contributed by atoms with Crippen molar-refractivity contribution >= 4 is 21.6 Å². The zero-order valence-electron chi connectivity index (χ0n) is 18.0. The Morgan fingerprint density at radius 2 is 1.55 bits per heavy atom. The number of anilines is 1. The standard InChI is InChI=1S/C23H30N4O3S/c1-2-31(29,30)27-14-10-23(11-15-27,20-6-4-3-5-7-20)22(28)26-18-16-25(17-19-26)21-8-12-24-13-9-21/h3-9,12-13H,2,10-11,14-19H2,1H3. The number of hydrogen-bond donors (Lipinski definition) is 0. The average molecular weight is 443 g/mol. The second-order valence-corrected chi connectivity index (χ2v) is 10.5. The third-order valence-corrected chi connectivity index (χ3v) is 8.55. The van der Waals surface area contributed by atoms with Gasteiger partial charge < -0.3 is 9.80 Å². The number of aromatic nitrogens is 1. The number of hydrogen-bond acceptors (Lipinski definition) is 5. The highest BCUT2D eigenvalue weighted by Gasteiger charge is 2.46. The Morgan fingerprint density at radius 3 is 2.13 bits per heavy atom. The van der Waals surface area contributed by atoms with Crippen LogP contribution in [0, 0.1) is 0 Å². The first-order valence-electron chi connectivity index (χ1n) is 10.9. The summed E-state index contributed by atoms with van der Waals surface area (Å²) in [5.74, 6) is 0.220. The Morgan fingerprint density at radius 1 is 0.935 bits per heavy atom. The summed E-state index contributed by atoms with van der Waals surface area (Å²) in [7, 11) is -3.25. The summed E-state index contributed by atoms with van der Waals surface area (Å²) < 4.78 is 26.3. The normalized spacial score (nSPS) is 19.9. The zero-order valence-corrected chi connectivity index (χ0v) is 18.8. The van der Waals surface area contributed by atoms with E-state index < -0.39 is 15.4 Å². The van der Waals surface area contributed by atoms with Gasteiger partial charge in [-0.3, -0.25) is 9.78 Å². The predicted octanol–water partition coefficient (Wildman–Crippen LogP) is 2.11. The molecule has 0 radical (unpaired) electrons. The van der Waals surface area contributed by atoms with Crippen molar-refractivity contribution < 1.29 is 13.2 Å². The summed E-state index contributed by atoms with van der Waals surface area (Å²) in [5.41, 5.74) is 1.45. The van der Waals surface area contributed by atoms with Crippen molar-refractivity contribution in [1.82, 2.24) is 14.2 Å². The highest BCUT2D eigenvalue weighted by atomic mass is 32.2. The third kappa shape index (κ3) is 4.32. The summed E-state index contributed by atoms with van der Waals surface area (Å²) in [6.45, 7) is 5.30. The second-order valence-electron chi connectivity index (χ2n) is 8.23. The monoisotopic (exact) mass is 442 g/mol. The molecule has 2 saturated heterocycles. The van der Waals surface area contributed by atoms with Crippen LogP contribution in [0.1, 0.15) is 25.3 Å². The molecule has 8 heteroatoms. The number of carbonyl (C=O) groups is 1. The number of benzene rings is 1. The van der Waals surface area contributed by atoms with Gasteiger partial charge in [0.15, 0.2) is 0 Å². The van der Waals surface area contributed by atoms with Crippen molar-refractivity contribution in [2.75, 3.05) is 49.9 Å². The lowest BCUT2D eigenvalue weighted by molar-refractivity contribution is -0.139. The maximum Gasteiger partial charge on any atom is 0.233 e. The maximum absolute atomic E-state index is 13.9. The largest absolute Gasteiger partial charge is 0.368 e. The van der Waals surface area contributed by atoms with Crippen molar-refractivity contribution in [3.8, 4) is 0 Å². The summed E-state index contributed by atoms with van der Waals surface area (Å²) >= 11 is 0. The van der Waals surface area contributed by atoms with Gasteiger partial charge in [-0.15, -0.1) is 0 Å². The fraction of sp³-hybridized carbons (Fsp3) is 0.478. The van der Waals surface area contributed by atoms with E-state index in [0.717, 1.165) is 24.3 Å². The first-order valence-corrected chi connectivity index (χ1v) is 12.5. The van der Waals surface area contributed by atoms with E-state index in [1.165, 1.54) is 0 Å². The molecule has 0 spiro atoms. The quantitative estimate of drug-likeness (QED) is 0.709. The molecule has 7 nitrogen and oxygen atoms in total. The van der Waals surface area contributed by atoms with Gasteiger partial charge >= 0.3 is 0 Å². The number of sulfonamides is 1. The van der Waals surface area contributed by atoms with Crippen LogP contribution >= 0.6 is 0 Å². The van der Waals surface area contributed by atoms with Crippen LogP contribution < -0.4 is 4.90 Å². The van der Waals surface area contributed by atoms with E-state index in [-0.39, 0.29) is 11.7 Å². The van der Waals surface area contributed by atoms with Crippen molar-refractivity contribution in [3.63, 3.8) is 0 Å². The second kappa shape index (κ2) is 8.96. The smallest absolute Gasteiger partial charge is 0.233 e. The van der Waals surface area contributed by atoms with Crippen LogP contribution in [0.5, 0.6) is 0 Å². The summed E-state index contributed by atoms with van der Waals surface area (Å²) in [6.07, 6.45) is 4.60. The number of amides is 1. The molecule has 0 bridgehead atoms. The van der Waals surface area contributed by atoms with E-state index in [0.29, 0.717) is 39.0 Å². The highest BCUT2D eigenvalue weighted by molar-refractivity contribution is 7.89. The summed E-state index contributed by atoms with van der Waals surface area (Å²) in [5, 5.41) is 0. The van der Waals surface area contributed by atoms with Crippen LogP contribution in [0.2, 0.25) is 0 Å². The van der Waals surface area contributed by atoms with Gasteiger partial charge in [-0.05, 0) is 37.5 Å². The van der Waals surface area contributed by atoms with Gasteiger partial charge in [0.2, 0.25) is 15.9 Å². The Bertz CT molecular complexity index is 982. The third-order valence-electron chi connectivity index (χ3n) is 6.66. The Hall–Kier alpha value is -2.45.